The average molecular weight is 243 g/mol. The number of nitrogens with two attached hydrogens (primary N) is 1. The van der Waals surface area contributed by atoms with E-state index in [1.807, 2.05) is 6.92 Å². The topological polar surface area (TPSA) is 52.7 Å². The minimum absolute atomic E-state index is 0.333. The smallest absolute Gasteiger partial charge is 0.0756 e. The SMILES string of the molecule is CC1CN(C)CCCN1C(C)CC(C)(O)CN. The van der Waals surface area contributed by atoms with Crippen LogP contribution in [0.5, 0.6) is 0 Å². The van der Waals surface area contributed by atoms with Gasteiger partial charge in [-0.25, -0.2) is 0 Å². The van der Waals surface area contributed by atoms with Crippen molar-refractivity contribution in [3.8, 4) is 0 Å². The predicted octanol–water partition coefficient (Wildman–Crippen LogP) is 0.501. The standard InChI is InChI=1S/C13H29N3O/c1-11(8-13(3,17)10-14)16-7-5-6-15(4)9-12(16)2/h11-12,17H,5-10,14H2,1-4H3. The van der Waals surface area contributed by atoms with Crippen LogP contribution in [-0.2, 0) is 0 Å². The van der Waals surface area contributed by atoms with Gasteiger partial charge in [0.15, 0.2) is 0 Å². The van der Waals surface area contributed by atoms with Crippen molar-refractivity contribution in [3.63, 3.8) is 0 Å². The van der Waals surface area contributed by atoms with Gasteiger partial charge in [-0.2, -0.15) is 0 Å². The number of aliphatic hydroxyl groups is 1. The Morgan fingerprint density at radius 1 is 1.47 bits per heavy atom. The molecular weight excluding hydrogens is 214 g/mol. The first kappa shape index (κ1) is 14.9. The number of hydrogen-bond acceptors (Lipinski definition) is 4. The van der Waals surface area contributed by atoms with Gasteiger partial charge in [-0.1, -0.05) is 0 Å². The number of rotatable bonds is 4. The summed E-state index contributed by atoms with van der Waals surface area (Å²) in [6, 6.07) is 0.932. The first-order valence-corrected chi connectivity index (χ1v) is 6.72. The van der Waals surface area contributed by atoms with E-state index in [9.17, 15) is 5.11 Å². The summed E-state index contributed by atoms with van der Waals surface area (Å²) in [4.78, 5) is 4.89. The van der Waals surface area contributed by atoms with Crippen molar-refractivity contribution < 1.29 is 5.11 Å². The second-order valence-corrected chi connectivity index (χ2v) is 5.96. The van der Waals surface area contributed by atoms with Crippen molar-refractivity contribution in [2.45, 2.75) is 51.3 Å². The Labute approximate surface area is 106 Å². The minimum Gasteiger partial charge on any atom is -0.389 e. The third-order valence-electron chi connectivity index (χ3n) is 3.84. The molecule has 0 aromatic heterocycles. The summed E-state index contributed by atoms with van der Waals surface area (Å²) >= 11 is 0. The van der Waals surface area contributed by atoms with Crippen LogP contribution in [0.3, 0.4) is 0 Å². The molecule has 1 saturated heterocycles. The van der Waals surface area contributed by atoms with Gasteiger partial charge in [-0.05, 0) is 53.8 Å². The van der Waals surface area contributed by atoms with Gasteiger partial charge in [-0.3, -0.25) is 4.90 Å². The average Bonchev–Trinajstić information content (AvgIpc) is 2.38. The molecule has 17 heavy (non-hydrogen) atoms. The molecule has 0 radical (unpaired) electrons. The lowest BCUT2D eigenvalue weighted by molar-refractivity contribution is 0.0209. The third-order valence-corrected chi connectivity index (χ3v) is 3.84. The maximum Gasteiger partial charge on any atom is 0.0756 e. The minimum atomic E-state index is -0.739. The molecule has 3 unspecified atom stereocenters. The number of likely N-dealkylation sites (N-methyl/N-ethyl adjacent to an activating group) is 1. The summed E-state index contributed by atoms with van der Waals surface area (Å²) in [6.07, 6.45) is 1.95. The molecule has 102 valence electrons. The van der Waals surface area contributed by atoms with E-state index in [1.165, 1.54) is 13.0 Å². The highest BCUT2D eigenvalue weighted by Gasteiger charge is 2.29. The summed E-state index contributed by atoms with van der Waals surface area (Å²) in [5.74, 6) is 0. The Hall–Kier alpha value is -0.160. The van der Waals surface area contributed by atoms with Crippen LogP contribution < -0.4 is 5.73 Å². The van der Waals surface area contributed by atoms with Gasteiger partial charge in [0.25, 0.3) is 0 Å². The van der Waals surface area contributed by atoms with Gasteiger partial charge in [0.1, 0.15) is 0 Å². The van der Waals surface area contributed by atoms with E-state index in [2.05, 4.69) is 30.7 Å². The van der Waals surface area contributed by atoms with Crippen LogP contribution in [0.25, 0.3) is 0 Å². The molecule has 0 spiro atoms. The Morgan fingerprint density at radius 3 is 2.71 bits per heavy atom. The van der Waals surface area contributed by atoms with Gasteiger partial charge >= 0.3 is 0 Å². The maximum absolute atomic E-state index is 10.1. The summed E-state index contributed by atoms with van der Waals surface area (Å²) in [5.41, 5.74) is 4.86. The molecule has 1 heterocycles. The Balaban J connectivity index is 2.58. The fourth-order valence-electron chi connectivity index (χ4n) is 2.88. The van der Waals surface area contributed by atoms with E-state index in [0.717, 1.165) is 19.5 Å². The lowest BCUT2D eigenvalue weighted by Crippen LogP contribution is -2.48. The van der Waals surface area contributed by atoms with E-state index in [-0.39, 0.29) is 0 Å². The van der Waals surface area contributed by atoms with E-state index < -0.39 is 5.60 Å². The highest BCUT2D eigenvalue weighted by molar-refractivity contribution is 4.85. The van der Waals surface area contributed by atoms with Crippen molar-refractivity contribution in [2.75, 3.05) is 33.2 Å². The fraction of sp³-hybridized carbons (Fsp3) is 1.00. The second-order valence-electron chi connectivity index (χ2n) is 5.96. The molecule has 1 fully saturated rings. The lowest BCUT2D eigenvalue weighted by Gasteiger charge is -2.37. The molecule has 1 rings (SSSR count). The first-order valence-electron chi connectivity index (χ1n) is 6.72. The van der Waals surface area contributed by atoms with Gasteiger partial charge < -0.3 is 15.7 Å². The summed E-state index contributed by atoms with van der Waals surface area (Å²) in [6.45, 7) is 10.0. The predicted molar refractivity (Wildman–Crippen MR) is 72.0 cm³/mol. The zero-order valence-electron chi connectivity index (χ0n) is 11.8. The first-order chi connectivity index (χ1) is 7.85. The molecule has 1 aliphatic rings. The van der Waals surface area contributed by atoms with Crippen LogP contribution in [0.1, 0.15) is 33.6 Å². The largest absolute Gasteiger partial charge is 0.389 e. The Kier molecular flexibility index (Phi) is 5.38. The highest BCUT2D eigenvalue weighted by atomic mass is 16.3. The molecule has 0 saturated carbocycles. The second kappa shape index (κ2) is 6.14. The third kappa shape index (κ3) is 4.54. The molecule has 0 amide bonds. The molecule has 4 heteroatoms. The molecule has 0 aliphatic carbocycles. The quantitative estimate of drug-likeness (QED) is 0.755. The van der Waals surface area contributed by atoms with Crippen molar-refractivity contribution in [3.05, 3.63) is 0 Å². The van der Waals surface area contributed by atoms with Crippen LogP contribution in [0.2, 0.25) is 0 Å². The van der Waals surface area contributed by atoms with Crippen LogP contribution in [-0.4, -0.2) is 65.8 Å². The monoisotopic (exact) mass is 243 g/mol. The summed E-state index contributed by atoms with van der Waals surface area (Å²) in [7, 11) is 2.18. The zero-order valence-corrected chi connectivity index (χ0v) is 11.8. The van der Waals surface area contributed by atoms with Crippen LogP contribution in [0, 0.1) is 0 Å². The van der Waals surface area contributed by atoms with E-state index in [1.54, 1.807) is 0 Å². The van der Waals surface area contributed by atoms with Crippen LogP contribution in [0.4, 0.5) is 0 Å². The molecule has 4 nitrogen and oxygen atoms in total. The van der Waals surface area contributed by atoms with Gasteiger partial charge in [-0.15, -0.1) is 0 Å². The molecular formula is C13H29N3O. The summed E-state index contributed by atoms with van der Waals surface area (Å²) < 4.78 is 0. The molecule has 0 aromatic carbocycles. The van der Waals surface area contributed by atoms with Gasteiger partial charge in [0.05, 0.1) is 5.60 Å². The molecule has 1 aliphatic heterocycles. The van der Waals surface area contributed by atoms with E-state index in [0.29, 0.717) is 18.6 Å². The van der Waals surface area contributed by atoms with Gasteiger partial charge in [0, 0.05) is 25.2 Å². The van der Waals surface area contributed by atoms with E-state index in [4.69, 9.17) is 5.73 Å². The van der Waals surface area contributed by atoms with Gasteiger partial charge in [0.2, 0.25) is 0 Å². The normalized spacial score (nSPS) is 29.6. The molecule has 3 atom stereocenters. The molecule has 0 bridgehead atoms. The van der Waals surface area contributed by atoms with Crippen LogP contribution in [0.15, 0.2) is 0 Å². The molecule has 0 aromatic rings. The molecule has 3 N–H and O–H groups in total. The maximum atomic E-state index is 10.1. The van der Waals surface area contributed by atoms with E-state index >= 15 is 0 Å². The summed E-state index contributed by atoms with van der Waals surface area (Å²) in [5, 5.41) is 10.1. The van der Waals surface area contributed by atoms with Crippen LogP contribution >= 0.6 is 0 Å². The van der Waals surface area contributed by atoms with Crippen molar-refractivity contribution in [1.29, 1.82) is 0 Å². The Morgan fingerprint density at radius 2 is 2.12 bits per heavy atom. The fourth-order valence-corrected chi connectivity index (χ4v) is 2.88. The number of hydrogen-bond donors (Lipinski definition) is 2. The zero-order chi connectivity index (χ0) is 13.1. The highest BCUT2D eigenvalue weighted by Crippen LogP contribution is 2.19. The van der Waals surface area contributed by atoms with Crippen molar-refractivity contribution >= 4 is 0 Å². The van der Waals surface area contributed by atoms with Crippen molar-refractivity contribution in [1.82, 2.24) is 9.80 Å². The Bertz CT molecular complexity index is 233. The lowest BCUT2D eigenvalue weighted by atomic mass is 9.96. The number of nitrogens with zero attached hydrogens (tertiary/aromatic N) is 2. The van der Waals surface area contributed by atoms with Crippen molar-refractivity contribution in [2.24, 2.45) is 5.73 Å².